The van der Waals surface area contributed by atoms with E-state index >= 15 is 0 Å². The van der Waals surface area contributed by atoms with Gasteiger partial charge in [0.25, 0.3) is 5.91 Å². The van der Waals surface area contributed by atoms with Crippen LogP contribution >= 0.6 is 0 Å². The molecule has 1 aliphatic heterocycles. The topological polar surface area (TPSA) is 133 Å². The summed E-state index contributed by atoms with van der Waals surface area (Å²) in [7, 11) is 1.49. The molecule has 3 aromatic rings. The highest BCUT2D eigenvalue weighted by Crippen LogP contribution is 2.25. The molecule has 3 amide bonds. The van der Waals surface area contributed by atoms with Crippen molar-refractivity contribution in [1.82, 2.24) is 14.8 Å². The predicted molar refractivity (Wildman–Crippen MR) is 124 cm³/mol. The Hall–Kier alpha value is -4.63. The van der Waals surface area contributed by atoms with Gasteiger partial charge in [-0.1, -0.05) is 24.3 Å². The minimum absolute atomic E-state index is 0.107. The number of para-hydroxylation sites is 1. The van der Waals surface area contributed by atoms with Crippen molar-refractivity contribution in [2.24, 2.45) is 5.92 Å². The first kappa shape index (κ1) is 22.6. The van der Waals surface area contributed by atoms with E-state index in [-0.39, 0.29) is 31.1 Å². The van der Waals surface area contributed by atoms with E-state index in [0.29, 0.717) is 22.2 Å². The minimum Gasteiger partial charge on any atom is -0.350 e. The zero-order valence-corrected chi connectivity index (χ0v) is 18.5. The lowest BCUT2D eigenvalue weighted by molar-refractivity contribution is -0.131. The Bertz CT molecular complexity index is 1330. The summed E-state index contributed by atoms with van der Waals surface area (Å²) in [5, 5.41) is 22.2. The summed E-state index contributed by atoms with van der Waals surface area (Å²) in [4.78, 5) is 44.1. The van der Waals surface area contributed by atoms with E-state index in [9.17, 15) is 24.9 Å². The fourth-order valence-electron chi connectivity index (χ4n) is 4.13. The number of benzene rings is 2. The highest BCUT2D eigenvalue weighted by Gasteiger charge is 2.39. The van der Waals surface area contributed by atoms with Crippen LogP contribution in [0.3, 0.4) is 0 Å². The number of aromatic nitrogens is 1. The Balaban J connectivity index is 1.42. The number of aromatic amines is 1. The lowest BCUT2D eigenvalue weighted by Crippen LogP contribution is -2.43. The van der Waals surface area contributed by atoms with Crippen molar-refractivity contribution in [2.75, 3.05) is 25.5 Å². The zero-order valence-electron chi connectivity index (χ0n) is 18.5. The number of H-pyrrole nitrogens is 1. The van der Waals surface area contributed by atoms with E-state index in [4.69, 9.17) is 0 Å². The molecule has 9 heteroatoms. The molecular weight excluding hydrogens is 432 g/mol. The number of nitrogens with one attached hydrogen (secondary N) is 2. The summed E-state index contributed by atoms with van der Waals surface area (Å²) in [6, 6.07) is 19.2. The number of hydrogen-bond donors (Lipinski definition) is 2. The second-order valence-electron chi connectivity index (χ2n) is 8.20. The molecule has 1 aromatic heterocycles. The third-order valence-corrected chi connectivity index (χ3v) is 5.92. The number of anilines is 1. The second kappa shape index (κ2) is 9.47. The normalized spacial score (nSPS) is 17.1. The quantitative estimate of drug-likeness (QED) is 0.611. The number of nitrogens with zero attached hydrogens (tertiary/aromatic N) is 4. The minimum atomic E-state index is -0.742. The number of likely N-dealkylation sites (tertiary alicyclic amines) is 1. The summed E-state index contributed by atoms with van der Waals surface area (Å²) in [5.74, 6) is -1.60. The standard InChI is InChI=1S/C25H22N6O3/c1-30(25(34)22-11-20-16(12-26)6-5-9-21(20)29-22)15-23(32)31-14-17(10-19(31)13-27)24(33)28-18-7-3-2-4-8-18/h2-9,11,17,19,29H,10,14-15H2,1H3,(H,28,33). The Morgan fingerprint density at radius 3 is 2.62 bits per heavy atom. The van der Waals surface area contributed by atoms with Gasteiger partial charge in [0.05, 0.1) is 30.2 Å². The van der Waals surface area contributed by atoms with E-state index in [2.05, 4.69) is 22.4 Å². The summed E-state index contributed by atoms with van der Waals surface area (Å²) in [5.41, 5.74) is 2.00. The molecule has 9 nitrogen and oxygen atoms in total. The van der Waals surface area contributed by atoms with Crippen molar-refractivity contribution >= 4 is 34.3 Å². The molecule has 2 heterocycles. The maximum atomic E-state index is 13.0. The number of carbonyl (C=O) groups is 3. The third kappa shape index (κ3) is 4.45. The summed E-state index contributed by atoms with van der Waals surface area (Å²) in [6.45, 7) is -0.139. The highest BCUT2D eigenvalue weighted by molar-refractivity contribution is 6.00. The maximum absolute atomic E-state index is 13.0. The van der Waals surface area contributed by atoms with Crippen LogP contribution in [0.5, 0.6) is 0 Å². The predicted octanol–water partition coefficient (Wildman–Crippen LogP) is 2.49. The number of likely N-dealkylation sites (N-methyl/N-ethyl adjacent to an activating group) is 1. The van der Waals surface area contributed by atoms with Crippen LogP contribution < -0.4 is 5.32 Å². The van der Waals surface area contributed by atoms with Crippen molar-refractivity contribution in [1.29, 1.82) is 10.5 Å². The average molecular weight is 454 g/mol. The molecular formula is C25H22N6O3. The lowest BCUT2D eigenvalue weighted by Gasteiger charge is -2.23. The smallest absolute Gasteiger partial charge is 0.270 e. The molecule has 34 heavy (non-hydrogen) atoms. The average Bonchev–Trinajstić information content (AvgIpc) is 3.48. The number of hydrogen-bond acceptors (Lipinski definition) is 5. The first-order chi connectivity index (χ1) is 16.4. The molecule has 1 saturated heterocycles. The van der Waals surface area contributed by atoms with Crippen LogP contribution in [-0.4, -0.2) is 58.7 Å². The SMILES string of the molecule is CN(CC(=O)N1CC(C(=O)Nc2ccccc2)CC1C#N)C(=O)c1cc2c(C#N)cccc2[nH]1. The van der Waals surface area contributed by atoms with Crippen LogP contribution in [-0.2, 0) is 9.59 Å². The fourth-order valence-corrected chi connectivity index (χ4v) is 4.13. The van der Waals surface area contributed by atoms with Gasteiger partial charge in [0.1, 0.15) is 11.7 Å². The van der Waals surface area contributed by atoms with Crippen molar-refractivity contribution in [3.05, 3.63) is 65.9 Å². The molecule has 2 atom stereocenters. The molecule has 0 radical (unpaired) electrons. The van der Waals surface area contributed by atoms with Crippen LogP contribution in [0.2, 0.25) is 0 Å². The molecule has 2 aromatic carbocycles. The Kier molecular flexibility index (Phi) is 6.28. The van der Waals surface area contributed by atoms with Crippen LogP contribution in [0.15, 0.2) is 54.6 Å². The van der Waals surface area contributed by atoms with Crippen LogP contribution in [0.25, 0.3) is 10.9 Å². The van der Waals surface area contributed by atoms with Gasteiger partial charge in [-0.05, 0) is 36.8 Å². The van der Waals surface area contributed by atoms with Gasteiger partial charge < -0.3 is 20.1 Å². The van der Waals surface area contributed by atoms with Gasteiger partial charge in [-0.2, -0.15) is 10.5 Å². The Morgan fingerprint density at radius 2 is 1.91 bits per heavy atom. The van der Waals surface area contributed by atoms with E-state index < -0.39 is 23.8 Å². The van der Waals surface area contributed by atoms with Crippen molar-refractivity contribution in [3.63, 3.8) is 0 Å². The second-order valence-corrected chi connectivity index (χ2v) is 8.20. The van der Waals surface area contributed by atoms with Gasteiger partial charge in [-0.25, -0.2) is 0 Å². The molecule has 0 spiro atoms. The fraction of sp³-hybridized carbons (Fsp3) is 0.240. The summed E-state index contributed by atoms with van der Waals surface area (Å²) < 4.78 is 0. The molecule has 0 saturated carbocycles. The highest BCUT2D eigenvalue weighted by atomic mass is 16.2. The monoisotopic (exact) mass is 454 g/mol. The van der Waals surface area contributed by atoms with Gasteiger partial charge >= 0.3 is 0 Å². The Morgan fingerprint density at radius 1 is 1.15 bits per heavy atom. The summed E-state index contributed by atoms with van der Waals surface area (Å²) in [6.07, 6.45) is 0.234. The molecule has 4 rings (SSSR count). The van der Waals surface area contributed by atoms with Gasteiger partial charge in [0.2, 0.25) is 11.8 Å². The van der Waals surface area contributed by atoms with E-state index in [1.807, 2.05) is 6.07 Å². The van der Waals surface area contributed by atoms with Crippen molar-refractivity contribution in [2.45, 2.75) is 12.5 Å². The molecule has 170 valence electrons. The number of carbonyl (C=O) groups excluding carboxylic acids is 3. The van der Waals surface area contributed by atoms with E-state index in [0.717, 1.165) is 0 Å². The molecule has 1 aliphatic rings. The first-order valence-corrected chi connectivity index (χ1v) is 10.7. The number of nitriles is 2. The molecule has 0 bridgehead atoms. The van der Waals surface area contributed by atoms with E-state index in [1.54, 1.807) is 48.5 Å². The van der Waals surface area contributed by atoms with Crippen LogP contribution in [0.4, 0.5) is 5.69 Å². The first-order valence-electron chi connectivity index (χ1n) is 10.7. The van der Waals surface area contributed by atoms with Gasteiger partial charge in [0.15, 0.2) is 0 Å². The van der Waals surface area contributed by atoms with Crippen LogP contribution in [0, 0.1) is 28.6 Å². The number of amides is 3. The number of rotatable bonds is 5. The molecule has 1 fully saturated rings. The molecule has 2 N–H and O–H groups in total. The lowest BCUT2D eigenvalue weighted by atomic mass is 10.1. The zero-order chi connectivity index (χ0) is 24.2. The molecule has 2 unspecified atom stereocenters. The summed E-state index contributed by atoms with van der Waals surface area (Å²) >= 11 is 0. The third-order valence-electron chi connectivity index (χ3n) is 5.92. The van der Waals surface area contributed by atoms with E-state index in [1.165, 1.54) is 16.8 Å². The van der Waals surface area contributed by atoms with Crippen LogP contribution in [0.1, 0.15) is 22.5 Å². The molecule has 0 aliphatic carbocycles. The van der Waals surface area contributed by atoms with Crippen molar-refractivity contribution < 1.29 is 14.4 Å². The van der Waals surface area contributed by atoms with Gasteiger partial charge in [-0.3, -0.25) is 14.4 Å². The van der Waals surface area contributed by atoms with Gasteiger partial charge in [-0.15, -0.1) is 0 Å². The van der Waals surface area contributed by atoms with Gasteiger partial charge in [0, 0.05) is 30.2 Å². The largest absolute Gasteiger partial charge is 0.350 e. The maximum Gasteiger partial charge on any atom is 0.270 e. The van der Waals surface area contributed by atoms with Crippen molar-refractivity contribution in [3.8, 4) is 12.1 Å². The Labute approximate surface area is 196 Å². The number of fused-ring (bicyclic) bond motifs is 1.